The first-order chi connectivity index (χ1) is 6.27. The Morgan fingerprint density at radius 2 is 2.54 bits per heavy atom. The largest absolute Gasteiger partial charge is 0.369 e. The molecule has 1 aliphatic rings. The Kier molecular flexibility index (Phi) is 2.53. The van der Waals surface area contributed by atoms with Gasteiger partial charge >= 0.3 is 0 Å². The topological polar surface area (TPSA) is 38.3 Å². The quantitative estimate of drug-likeness (QED) is 0.776. The summed E-state index contributed by atoms with van der Waals surface area (Å²) in [4.78, 5) is 11.0. The first-order valence-corrected chi connectivity index (χ1v) is 5.13. The number of hydrogen-bond donors (Lipinski definition) is 1. The van der Waals surface area contributed by atoms with Crippen LogP contribution in [0.2, 0.25) is 4.34 Å². The zero-order valence-electron chi connectivity index (χ0n) is 6.75. The maximum absolute atomic E-state index is 11.0. The molecular formula is C8H8ClNO2S. The van der Waals surface area contributed by atoms with Crippen LogP contribution in [-0.4, -0.2) is 19.1 Å². The fraction of sp³-hybridized carbons (Fsp3) is 0.375. The molecule has 0 aliphatic carbocycles. The average Bonchev–Trinajstić information content (AvgIpc) is 2.51. The maximum atomic E-state index is 11.0. The molecular weight excluding hydrogens is 210 g/mol. The molecule has 0 spiro atoms. The third-order valence-electron chi connectivity index (χ3n) is 1.87. The van der Waals surface area contributed by atoms with E-state index in [1.165, 1.54) is 11.3 Å². The molecule has 0 radical (unpaired) electrons. The standard InChI is InChI=1S/C8H8ClNO2S/c9-8-5(1-2-13-8)6-3-12-4-7(11)10-6/h1-2,6H,3-4H2,(H,10,11)/t6-/m0/s1. The van der Waals surface area contributed by atoms with Crippen molar-refractivity contribution < 1.29 is 9.53 Å². The number of carbonyl (C=O) groups excluding carboxylic acids is 1. The fourth-order valence-electron chi connectivity index (χ4n) is 1.27. The second-order valence-corrected chi connectivity index (χ2v) is 4.30. The molecule has 70 valence electrons. The van der Waals surface area contributed by atoms with Gasteiger partial charge in [0.05, 0.1) is 17.0 Å². The van der Waals surface area contributed by atoms with E-state index in [1.54, 1.807) is 0 Å². The second-order valence-electron chi connectivity index (χ2n) is 2.78. The normalized spacial score (nSPS) is 22.8. The minimum atomic E-state index is -0.0847. The molecule has 1 aromatic rings. The molecule has 0 bridgehead atoms. The number of amides is 1. The van der Waals surface area contributed by atoms with Crippen molar-refractivity contribution in [2.75, 3.05) is 13.2 Å². The van der Waals surface area contributed by atoms with Crippen LogP contribution in [0.25, 0.3) is 0 Å². The van der Waals surface area contributed by atoms with E-state index >= 15 is 0 Å². The van der Waals surface area contributed by atoms with Crippen molar-refractivity contribution in [3.63, 3.8) is 0 Å². The van der Waals surface area contributed by atoms with Gasteiger partial charge in [0, 0.05) is 5.56 Å². The fourth-order valence-corrected chi connectivity index (χ4v) is 2.30. The Labute approximate surface area is 84.7 Å². The van der Waals surface area contributed by atoms with Crippen molar-refractivity contribution in [3.05, 3.63) is 21.3 Å². The molecule has 1 N–H and O–H groups in total. The van der Waals surface area contributed by atoms with Crippen LogP contribution >= 0.6 is 22.9 Å². The number of thiophene rings is 1. The van der Waals surface area contributed by atoms with Crippen LogP contribution in [0.4, 0.5) is 0 Å². The number of carbonyl (C=O) groups is 1. The van der Waals surface area contributed by atoms with Gasteiger partial charge in [-0.15, -0.1) is 11.3 Å². The van der Waals surface area contributed by atoms with Gasteiger partial charge in [0.15, 0.2) is 0 Å². The summed E-state index contributed by atoms with van der Waals surface area (Å²) in [5.74, 6) is -0.0847. The van der Waals surface area contributed by atoms with Crippen molar-refractivity contribution in [1.82, 2.24) is 5.32 Å². The van der Waals surface area contributed by atoms with Crippen LogP contribution in [0.15, 0.2) is 11.4 Å². The Balaban J connectivity index is 2.17. The number of rotatable bonds is 1. The minimum absolute atomic E-state index is 0.0833. The molecule has 0 unspecified atom stereocenters. The van der Waals surface area contributed by atoms with Crippen molar-refractivity contribution in [1.29, 1.82) is 0 Å². The highest BCUT2D eigenvalue weighted by Crippen LogP contribution is 2.29. The summed E-state index contributed by atoms with van der Waals surface area (Å²) in [6.07, 6.45) is 0. The average molecular weight is 218 g/mol. The smallest absolute Gasteiger partial charge is 0.246 e. The molecule has 1 aliphatic heterocycles. The predicted octanol–water partition coefficient (Wildman–Crippen LogP) is 1.59. The predicted molar refractivity (Wildman–Crippen MR) is 51.0 cm³/mol. The molecule has 1 amide bonds. The highest BCUT2D eigenvalue weighted by molar-refractivity contribution is 7.14. The molecule has 1 aromatic heterocycles. The van der Waals surface area contributed by atoms with Gasteiger partial charge in [-0.05, 0) is 11.4 Å². The number of hydrogen-bond acceptors (Lipinski definition) is 3. The minimum Gasteiger partial charge on any atom is -0.369 e. The van der Waals surface area contributed by atoms with Gasteiger partial charge in [0.1, 0.15) is 6.61 Å². The van der Waals surface area contributed by atoms with Crippen molar-refractivity contribution >= 4 is 28.8 Å². The lowest BCUT2D eigenvalue weighted by atomic mass is 10.1. The Hall–Kier alpha value is -0.580. The van der Waals surface area contributed by atoms with E-state index < -0.39 is 0 Å². The van der Waals surface area contributed by atoms with E-state index in [-0.39, 0.29) is 18.6 Å². The molecule has 2 heterocycles. The summed E-state index contributed by atoms with van der Waals surface area (Å²) in [6, 6.07) is 1.83. The summed E-state index contributed by atoms with van der Waals surface area (Å²) in [6.45, 7) is 0.653. The maximum Gasteiger partial charge on any atom is 0.246 e. The molecule has 1 saturated heterocycles. The first-order valence-electron chi connectivity index (χ1n) is 3.87. The van der Waals surface area contributed by atoms with Crippen LogP contribution in [0.5, 0.6) is 0 Å². The summed E-state index contributed by atoms with van der Waals surface area (Å²) < 4.78 is 5.83. The number of morpholine rings is 1. The highest BCUT2D eigenvalue weighted by atomic mass is 35.5. The zero-order chi connectivity index (χ0) is 9.26. The molecule has 0 aromatic carbocycles. The Morgan fingerprint density at radius 1 is 1.69 bits per heavy atom. The van der Waals surface area contributed by atoms with Crippen LogP contribution in [-0.2, 0) is 9.53 Å². The van der Waals surface area contributed by atoms with Gasteiger partial charge in [0.2, 0.25) is 5.91 Å². The van der Waals surface area contributed by atoms with Crippen LogP contribution < -0.4 is 5.32 Å². The second kappa shape index (κ2) is 3.65. The van der Waals surface area contributed by atoms with Gasteiger partial charge in [0.25, 0.3) is 0 Å². The van der Waals surface area contributed by atoms with Crippen LogP contribution in [0, 0.1) is 0 Å². The Bertz CT molecular complexity index is 326. The summed E-state index contributed by atoms with van der Waals surface area (Å²) in [7, 11) is 0. The van der Waals surface area contributed by atoms with Gasteiger partial charge in [-0.2, -0.15) is 0 Å². The molecule has 0 saturated carbocycles. The lowest BCUT2D eigenvalue weighted by Gasteiger charge is -2.23. The van der Waals surface area contributed by atoms with Crippen LogP contribution in [0.3, 0.4) is 0 Å². The third kappa shape index (κ3) is 1.85. The lowest BCUT2D eigenvalue weighted by Crippen LogP contribution is -2.39. The van der Waals surface area contributed by atoms with Crippen molar-refractivity contribution in [3.8, 4) is 0 Å². The molecule has 3 nitrogen and oxygen atoms in total. The van der Waals surface area contributed by atoms with E-state index in [0.717, 1.165) is 9.90 Å². The first kappa shape index (κ1) is 8.99. The monoisotopic (exact) mass is 217 g/mol. The van der Waals surface area contributed by atoms with Gasteiger partial charge < -0.3 is 10.1 Å². The van der Waals surface area contributed by atoms with Gasteiger partial charge in [-0.25, -0.2) is 0 Å². The van der Waals surface area contributed by atoms with E-state index in [9.17, 15) is 4.79 Å². The zero-order valence-corrected chi connectivity index (χ0v) is 8.32. The summed E-state index contributed by atoms with van der Waals surface area (Å²) in [5.41, 5.74) is 0.944. The number of nitrogens with one attached hydrogen (secondary N) is 1. The van der Waals surface area contributed by atoms with Crippen molar-refractivity contribution in [2.24, 2.45) is 0 Å². The molecule has 5 heteroatoms. The number of halogens is 1. The highest BCUT2D eigenvalue weighted by Gasteiger charge is 2.22. The van der Waals surface area contributed by atoms with E-state index in [4.69, 9.17) is 16.3 Å². The van der Waals surface area contributed by atoms with Gasteiger partial charge in [-0.3, -0.25) is 4.79 Å². The summed E-state index contributed by atoms with van der Waals surface area (Å²) >= 11 is 7.39. The lowest BCUT2D eigenvalue weighted by molar-refractivity contribution is -0.131. The van der Waals surface area contributed by atoms with E-state index in [0.29, 0.717) is 6.61 Å². The third-order valence-corrected chi connectivity index (χ3v) is 3.07. The van der Waals surface area contributed by atoms with Crippen molar-refractivity contribution in [2.45, 2.75) is 6.04 Å². The summed E-state index contributed by atoms with van der Waals surface area (Å²) in [5, 5.41) is 4.72. The van der Waals surface area contributed by atoms with Gasteiger partial charge in [-0.1, -0.05) is 11.6 Å². The molecule has 1 fully saturated rings. The van der Waals surface area contributed by atoms with E-state index in [2.05, 4.69) is 5.32 Å². The molecule has 1 atom stereocenters. The Morgan fingerprint density at radius 3 is 3.15 bits per heavy atom. The van der Waals surface area contributed by atoms with Crippen LogP contribution in [0.1, 0.15) is 11.6 Å². The number of ether oxygens (including phenoxy) is 1. The molecule has 13 heavy (non-hydrogen) atoms. The SMILES string of the molecule is O=C1COC[C@@H](c2ccsc2Cl)N1. The van der Waals surface area contributed by atoms with E-state index in [1.807, 2.05) is 11.4 Å². The molecule has 2 rings (SSSR count).